The molecule has 0 aliphatic carbocycles. The maximum Gasteiger partial charge on any atom is 0.305 e. The lowest BCUT2D eigenvalue weighted by atomic mass is 9.88. The Bertz CT molecular complexity index is 589. The summed E-state index contributed by atoms with van der Waals surface area (Å²) in [7, 11) is 0. The van der Waals surface area contributed by atoms with E-state index in [2.05, 4.69) is 34.2 Å². The Morgan fingerprint density at radius 1 is 1.44 bits per heavy atom. The fraction of sp³-hybridized carbons (Fsp3) is 0.308. The van der Waals surface area contributed by atoms with Crippen LogP contribution in [0.3, 0.4) is 0 Å². The molecule has 2 heterocycles. The minimum absolute atomic E-state index is 0.141. The van der Waals surface area contributed by atoms with Gasteiger partial charge in [0.05, 0.1) is 12.0 Å². The number of rotatable bonds is 4. The number of hydrogen-bond acceptors (Lipinski definition) is 4. The van der Waals surface area contributed by atoms with Crippen LogP contribution in [0.25, 0.3) is 10.1 Å². The molecule has 4 nitrogen and oxygen atoms in total. The standard InChI is InChI=1S/C13H14N2O2S/c16-12(17)6-13(7-14-8-13)15-10-1-2-11-9(5-10)3-4-18-11/h1-5,14-15H,6-8H2,(H,16,17). The van der Waals surface area contributed by atoms with E-state index in [4.69, 9.17) is 5.11 Å². The van der Waals surface area contributed by atoms with Crippen LogP contribution < -0.4 is 10.6 Å². The first-order valence-corrected chi connectivity index (χ1v) is 6.73. The summed E-state index contributed by atoms with van der Waals surface area (Å²) in [6, 6.07) is 8.24. The van der Waals surface area contributed by atoms with Gasteiger partial charge in [-0.3, -0.25) is 4.79 Å². The van der Waals surface area contributed by atoms with Gasteiger partial charge in [0.2, 0.25) is 0 Å². The van der Waals surface area contributed by atoms with Gasteiger partial charge in [0.25, 0.3) is 0 Å². The van der Waals surface area contributed by atoms with Gasteiger partial charge in [0.15, 0.2) is 0 Å². The third-order valence-electron chi connectivity index (χ3n) is 3.28. The summed E-state index contributed by atoms with van der Waals surface area (Å²) >= 11 is 1.71. The maximum absolute atomic E-state index is 10.9. The average molecular weight is 262 g/mol. The molecule has 3 N–H and O–H groups in total. The van der Waals surface area contributed by atoms with E-state index >= 15 is 0 Å². The lowest BCUT2D eigenvalue weighted by molar-refractivity contribution is -0.138. The lowest BCUT2D eigenvalue weighted by Gasteiger charge is -2.43. The molecule has 1 aromatic heterocycles. The van der Waals surface area contributed by atoms with Crippen molar-refractivity contribution in [1.82, 2.24) is 5.32 Å². The van der Waals surface area contributed by atoms with Crippen LogP contribution in [0.1, 0.15) is 6.42 Å². The number of carboxylic acids is 1. The van der Waals surface area contributed by atoms with Crippen molar-refractivity contribution < 1.29 is 9.90 Å². The van der Waals surface area contributed by atoms with Crippen molar-refractivity contribution in [3.63, 3.8) is 0 Å². The number of hydrogen-bond donors (Lipinski definition) is 3. The van der Waals surface area contributed by atoms with Crippen molar-refractivity contribution in [3.05, 3.63) is 29.6 Å². The van der Waals surface area contributed by atoms with Crippen molar-refractivity contribution in [2.45, 2.75) is 12.0 Å². The van der Waals surface area contributed by atoms with E-state index in [9.17, 15) is 4.79 Å². The molecule has 1 fully saturated rings. The molecule has 1 aliphatic heterocycles. The fourth-order valence-corrected chi connectivity index (χ4v) is 3.10. The van der Waals surface area contributed by atoms with E-state index < -0.39 is 5.97 Å². The smallest absolute Gasteiger partial charge is 0.305 e. The van der Waals surface area contributed by atoms with E-state index in [-0.39, 0.29) is 12.0 Å². The second-order valence-electron chi connectivity index (χ2n) is 4.75. The summed E-state index contributed by atoms with van der Waals surface area (Å²) in [4.78, 5) is 10.9. The van der Waals surface area contributed by atoms with Crippen LogP contribution >= 0.6 is 11.3 Å². The molecule has 0 bridgehead atoms. The molecule has 2 aromatic rings. The second-order valence-corrected chi connectivity index (χ2v) is 5.70. The van der Waals surface area contributed by atoms with Crippen molar-refractivity contribution in [2.24, 2.45) is 0 Å². The Morgan fingerprint density at radius 3 is 2.94 bits per heavy atom. The highest BCUT2D eigenvalue weighted by Gasteiger charge is 2.38. The van der Waals surface area contributed by atoms with Gasteiger partial charge in [-0.2, -0.15) is 0 Å². The number of benzene rings is 1. The van der Waals surface area contributed by atoms with Gasteiger partial charge >= 0.3 is 5.97 Å². The number of fused-ring (bicyclic) bond motifs is 1. The van der Waals surface area contributed by atoms with Crippen LogP contribution in [0.5, 0.6) is 0 Å². The molecular weight excluding hydrogens is 248 g/mol. The van der Waals surface area contributed by atoms with Crippen LogP contribution in [0.2, 0.25) is 0 Å². The monoisotopic (exact) mass is 262 g/mol. The van der Waals surface area contributed by atoms with Gasteiger partial charge < -0.3 is 15.7 Å². The van der Waals surface area contributed by atoms with Gasteiger partial charge in [-0.05, 0) is 35.0 Å². The molecule has 0 amide bonds. The predicted molar refractivity (Wildman–Crippen MR) is 73.3 cm³/mol. The zero-order valence-corrected chi connectivity index (χ0v) is 10.6. The number of thiophene rings is 1. The summed E-state index contributed by atoms with van der Waals surface area (Å²) < 4.78 is 1.25. The molecule has 0 atom stereocenters. The highest BCUT2D eigenvalue weighted by atomic mass is 32.1. The molecule has 5 heteroatoms. The van der Waals surface area contributed by atoms with Gasteiger partial charge in [-0.1, -0.05) is 0 Å². The van der Waals surface area contributed by atoms with Gasteiger partial charge in [0.1, 0.15) is 0 Å². The lowest BCUT2D eigenvalue weighted by Crippen LogP contribution is -2.65. The Morgan fingerprint density at radius 2 is 2.28 bits per heavy atom. The van der Waals surface area contributed by atoms with E-state index in [1.807, 2.05) is 6.07 Å². The minimum Gasteiger partial charge on any atom is -0.481 e. The predicted octanol–water partition coefficient (Wildman–Crippen LogP) is 2.13. The largest absolute Gasteiger partial charge is 0.481 e. The molecule has 0 saturated carbocycles. The molecule has 0 unspecified atom stereocenters. The van der Waals surface area contributed by atoms with E-state index in [1.54, 1.807) is 11.3 Å². The topological polar surface area (TPSA) is 61.4 Å². The number of carboxylic acid groups (broad SMARTS) is 1. The Labute approximate surface area is 109 Å². The van der Waals surface area contributed by atoms with Crippen LogP contribution in [-0.4, -0.2) is 29.7 Å². The van der Waals surface area contributed by atoms with Crippen LogP contribution in [-0.2, 0) is 4.79 Å². The first kappa shape index (κ1) is 11.5. The van der Waals surface area contributed by atoms with Crippen LogP contribution in [0, 0.1) is 0 Å². The number of nitrogens with one attached hydrogen (secondary N) is 2. The molecule has 1 saturated heterocycles. The van der Waals surface area contributed by atoms with Crippen molar-refractivity contribution in [1.29, 1.82) is 0 Å². The number of anilines is 1. The van der Waals surface area contributed by atoms with E-state index in [1.165, 1.54) is 10.1 Å². The van der Waals surface area contributed by atoms with Gasteiger partial charge in [-0.25, -0.2) is 0 Å². The van der Waals surface area contributed by atoms with Crippen molar-refractivity contribution in [3.8, 4) is 0 Å². The first-order valence-electron chi connectivity index (χ1n) is 5.85. The van der Waals surface area contributed by atoms with Crippen molar-refractivity contribution >= 4 is 33.1 Å². The van der Waals surface area contributed by atoms with E-state index in [0.29, 0.717) is 13.1 Å². The quantitative estimate of drug-likeness (QED) is 0.790. The fourth-order valence-electron chi connectivity index (χ4n) is 2.32. The molecule has 1 aromatic carbocycles. The zero-order valence-electron chi connectivity index (χ0n) is 9.77. The van der Waals surface area contributed by atoms with E-state index in [0.717, 1.165) is 5.69 Å². The summed E-state index contributed by atoms with van der Waals surface area (Å²) in [6.45, 7) is 1.39. The van der Waals surface area contributed by atoms with Gasteiger partial charge in [0, 0.05) is 23.5 Å². The molecule has 3 rings (SSSR count). The third-order valence-corrected chi connectivity index (χ3v) is 4.18. The van der Waals surface area contributed by atoms with Crippen LogP contribution in [0.15, 0.2) is 29.6 Å². The van der Waals surface area contributed by atoms with Crippen LogP contribution in [0.4, 0.5) is 5.69 Å². The second kappa shape index (κ2) is 4.26. The Hall–Kier alpha value is -1.59. The normalized spacial score (nSPS) is 17.3. The summed E-state index contributed by atoms with van der Waals surface area (Å²) in [6.07, 6.45) is 0.141. The van der Waals surface area contributed by atoms with Crippen molar-refractivity contribution in [2.75, 3.05) is 18.4 Å². The maximum atomic E-state index is 10.9. The SMILES string of the molecule is O=C(O)CC1(Nc2ccc3sccc3c2)CNC1. The Balaban J connectivity index is 1.83. The zero-order chi connectivity index (χ0) is 12.6. The average Bonchev–Trinajstić information content (AvgIpc) is 2.72. The molecule has 1 aliphatic rings. The number of aliphatic carboxylic acids is 1. The Kier molecular flexibility index (Phi) is 2.72. The summed E-state index contributed by atoms with van der Waals surface area (Å²) in [5.41, 5.74) is 0.652. The molecule has 0 radical (unpaired) electrons. The molecular formula is C13H14N2O2S. The number of carbonyl (C=O) groups is 1. The molecule has 94 valence electrons. The minimum atomic E-state index is -0.763. The first-order chi connectivity index (χ1) is 8.67. The highest BCUT2D eigenvalue weighted by molar-refractivity contribution is 7.17. The third kappa shape index (κ3) is 2.07. The summed E-state index contributed by atoms with van der Waals surface area (Å²) in [5.74, 6) is -0.763. The summed E-state index contributed by atoms with van der Waals surface area (Å²) in [5, 5.41) is 18.7. The molecule has 18 heavy (non-hydrogen) atoms. The van der Waals surface area contributed by atoms with Gasteiger partial charge in [-0.15, -0.1) is 11.3 Å². The highest BCUT2D eigenvalue weighted by Crippen LogP contribution is 2.28. The molecule has 0 spiro atoms.